The van der Waals surface area contributed by atoms with Crippen LogP contribution in [0.1, 0.15) is 30.6 Å². The number of carbonyl (C=O) groups is 1. The molecule has 0 radical (unpaired) electrons. The van der Waals surface area contributed by atoms with Gasteiger partial charge < -0.3 is 20.4 Å². The van der Waals surface area contributed by atoms with Crippen LogP contribution in [0.25, 0.3) is 22.2 Å². The van der Waals surface area contributed by atoms with E-state index in [9.17, 15) is 4.79 Å². The van der Waals surface area contributed by atoms with Crippen LogP contribution in [-0.4, -0.2) is 64.7 Å². The standard InChI is InChI=1S/C22H30N6O2/c1-15(2)14-24-22(29)18-19-21(26-17-7-4-3-6-16(17)25-19)28(20(18)23)9-5-8-27-10-12-30-13-11-27/h3-4,6-7,15H,5,8-14,23H2,1-2H3,(H,24,29). The van der Waals surface area contributed by atoms with Gasteiger partial charge in [-0.3, -0.25) is 9.69 Å². The number of nitrogens with two attached hydrogens (primary N) is 1. The van der Waals surface area contributed by atoms with Gasteiger partial charge in [-0.05, 0) is 24.5 Å². The number of morpholine rings is 1. The van der Waals surface area contributed by atoms with Crippen molar-refractivity contribution in [2.75, 3.05) is 45.1 Å². The van der Waals surface area contributed by atoms with Gasteiger partial charge in [0.1, 0.15) is 16.9 Å². The van der Waals surface area contributed by atoms with Crippen molar-refractivity contribution in [3.63, 3.8) is 0 Å². The summed E-state index contributed by atoms with van der Waals surface area (Å²) in [7, 11) is 0. The molecule has 3 aromatic rings. The lowest BCUT2D eigenvalue weighted by atomic mass is 10.2. The Labute approximate surface area is 176 Å². The van der Waals surface area contributed by atoms with Crippen molar-refractivity contribution in [1.82, 2.24) is 24.8 Å². The lowest BCUT2D eigenvalue weighted by Gasteiger charge is -2.26. The highest BCUT2D eigenvalue weighted by atomic mass is 16.5. The molecule has 8 nitrogen and oxygen atoms in total. The molecule has 1 aromatic carbocycles. The van der Waals surface area contributed by atoms with Gasteiger partial charge in [0.25, 0.3) is 5.91 Å². The fourth-order valence-electron chi connectivity index (χ4n) is 3.83. The van der Waals surface area contributed by atoms with Crippen LogP contribution in [0, 0.1) is 5.92 Å². The number of hydrogen-bond donors (Lipinski definition) is 2. The van der Waals surface area contributed by atoms with Crippen LogP contribution < -0.4 is 11.1 Å². The Kier molecular flexibility index (Phi) is 6.15. The maximum absolute atomic E-state index is 13.0. The lowest BCUT2D eigenvalue weighted by molar-refractivity contribution is 0.0370. The molecule has 3 N–H and O–H groups in total. The maximum Gasteiger partial charge on any atom is 0.257 e. The minimum absolute atomic E-state index is 0.192. The van der Waals surface area contributed by atoms with E-state index in [1.54, 1.807) is 0 Å². The Morgan fingerprint density at radius 3 is 2.57 bits per heavy atom. The molecule has 1 aliphatic rings. The smallest absolute Gasteiger partial charge is 0.257 e. The van der Waals surface area contributed by atoms with Gasteiger partial charge in [-0.25, -0.2) is 9.97 Å². The first-order chi connectivity index (χ1) is 14.5. The van der Waals surface area contributed by atoms with Gasteiger partial charge in [0, 0.05) is 32.7 Å². The number of rotatable bonds is 7. The summed E-state index contributed by atoms with van der Waals surface area (Å²) in [5.74, 6) is 0.593. The largest absolute Gasteiger partial charge is 0.384 e. The third kappa shape index (κ3) is 4.24. The van der Waals surface area contributed by atoms with Crippen molar-refractivity contribution in [2.45, 2.75) is 26.8 Å². The zero-order valence-corrected chi connectivity index (χ0v) is 17.7. The minimum atomic E-state index is -0.192. The maximum atomic E-state index is 13.0. The van der Waals surface area contributed by atoms with Gasteiger partial charge >= 0.3 is 0 Å². The first kappa shape index (κ1) is 20.6. The topological polar surface area (TPSA) is 98.3 Å². The van der Waals surface area contributed by atoms with Crippen LogP contribution in [0.5, 0.6) is 0 Å². The van der Waals surface area contributed by atoms with E-state index < -0.39 is 0 Å². The molecule has 1 aliphatic heterocycles. The Morgan fingerprint density at radius 2 is 1.87 bits per heavy atom. The number of fused-ring (bicyclic) bond motifs is 2. The number of nitrogen functional groups attached to an aromatic ring is 1. The molecule has 3 heterocycles. The molecule has 8 heteroatoms. The summed E-state index contributed by atoms with van der Waals surface area (Å²) in [6.45, 7) is 9.83. The van der Waals surface area contributed by atoms with Crippen molar-refractivity contribution in [3.8, 4) is 0 Å². The summed E-state index contributed by atoms with van der Waals surface area (Å²) in [6.07, 6.45) is 0.912. The first-order valence-electron chi connectivity index (χ1n) is 10.7. The van der Waals surface area contributed by atoms with Crippen molar-refractivity contribution in [3.05, 3.63) is 29.8 Å². The fraction of sp³-hybridized carbons (Fsp3) is 0.500. The number of anilines is 1. The normalized spacial score (nSPS) is 15.3. The minimum Gasteiger partial charge on any atom is -0.384 e. The summed E-state index contributed by atoms with van der Waals surface area (Å²) in [4.78, 5) is 24.9. The summed E-state index contributed by atoms with van der Waals surface area (Å²) in [5.41, 5.74) is 9.71. The molecule has 1 amide bonds. The molecule has 1 fully saturated rings. The van der Waals surface area contributed by atoms with E-state index in [1.807, 2.05) is 28.8 Å². The summed E-state index contributed by atoms with van der Waals surface area (Å²) in [5, 5.41) is 2.98. The van der Waals surface area contributed by atoms with E-state index in [-0.39, 0.29) is 5.91 Å². The number of amides is 1. The average molecular weight is 411 g/mol. The molecule has 4 rings (SSSR count). The molecular formula is C22H30N6O2. The lowest BCUT2D eigenvalue weighted by Crippen LogP contribution is -2.37. The molecule has 0 saturated carbocycles. The molecule has 1 saturated heterocycles. The highest BCUT2D eigenvalue weighted by Gasteiger charge is 2.24. The SMILES string of the molecule is CC(C)CNC(=O)c1c(N)n(CCCN2CCOCC2)c2nc3ccccc3nc12. The second kappa shape index (κ2) is 8.97. The van der Waals surface area contributed by atoms with E-state index >= 15 is 0 Å². The van der Waals surface area contributed by atoms with Gasteiger partial charge in [-0.2, -0.15) is 0 Å². The summed E-state index contributed by atoms with van der Waals surface area (Å²) >= 11 is 0. The summed E-state index contributed by atoms with van der Waals surface area (Å²) in [6, 6.07) is 7.70. The monoisotopic (exact) mass is 410 g/mol. The number of hydrogen-bond acceptors (Lipinski definition) is 6. The van der Waals surface area contributed by atoms with E-state index in [0.717, 1.165) is 50.3 Å². The second-order valence-electron chi connectivity index (χ2n) is 8.21. The Balaban J connectivity index is 1.67. The van der Waals surface area contributed by atoms with Crippen molar-refractivity contribution < 1.29 is 9.53 Å². The predicted octanol–water partition coefficient (Wildman–Crippen LogP) is 2.27. The van der Waals surface area contributed by atoms with Gasteiger partial charge in [0.05, 0.1) is 24.2 Å². The second-order valence-corrected chi connectivity index (χ2v) is 8.21. The highest BCUT2D eigenvalue weighted by Crippen LogP contribution is 2.28. The van der Waals surface area contributed by atoms with E-state index in [4.69, 9.17) is 20.4 Å². The molecule has 0 spiro atoms. The Morgan fingerprint density at radius 1 is 1.17 bits per heavy atom. The van der Waals surface area contributed by atoms with Crippen LogP contribution in [0.3, 0.4) is 0 Å². The number of nitrogens with one attached hydrogen (secondary N) is 1. The third-order valence-corrected chi connectivity index (χ3v) is 5.45. The quantitative estimate of drug-likeness (QED) is 0.620. The number of aryl methyl sites for hydroxylation is 1. The average Bonchev–Trinajstić information content (AvgIpc) is 3.02. The van der Waals surface area contributed by atoms with Crippen LogP contribution in [-0.2, 0) is 11.3 Å². The van der Waals surface area contributed by atoms with E-state index in [1.165, 1.54) is 0 Å². The number of ether oxygens (including phenoxy) is 1. The molecule has 0 atom stereocenters. The van der Waals surface area contributed by atoms with Crippen molar-refractivity contribution in [1.29, 1.82) is 0 Å². The third-order valence-electron chi connectivity index (χ3n) is 5.45. The van der Waals surface area contributed by atoms with Crippen LogP contribution in [0.15, 0.2) is 24.3 Å². The molecular weight excluding hydrogens is 380 g/mol. The highest BCUT2D eigenvalue weighted by molar-refractivity contribution is 6.10. The molecule has 2 aromatic heterocycles. The van der Waals surface area contributed by atoms with Crippen molar-refractivity contribution >= 4 is 33.9 Å². The van der Waals surface area contributed by atoms with Gasteiger partial charge in [-0.15, -0.1) is 0 Å². The molecule has 30 heavy (non-hydrogen) atoms. The molecule has 160 valence electrons. The number of para-hydroxylation sites is 2. The zero-order chi connectivity index (χ0) is 21.1. The van der Waals surface area contributed by atoms with Gasteiger partial charge in [0.15, 0.2) is 5.65 Å². The fourth-order valence-corrected chi connectivity index (χ4v) is 3.83. The predicted molar refractivity (Wildman–Crippen MR) is 118 cm³/mol. The number of aromatic nitrogens is 3. The van der Waals surface area contributed by atoms with Gasteiger partial charge in [0.2, 0.25) is 0 Å². The Bertz CT molecular complexity index is 1040. The number of benzene rings is 1. The van der Waals surface area contributed by atoms with Crippen LogP contribution in [0.2, 0.25) is 0 Å². The molecule has 0 aliphatic carbocycles. The number of carbonyl (C=O) groups excluding carboxylic acids is 1. The van der Waals surface area contributed by atoms with E-state index in [0.29, 0.717) is 41.6 Å². The molecule has 0 bridgehead atoms. The van der Waals surface area contributed by atoms with Gasteiger partial charge in [-0.1, -0.05) is 26.0 Å². The zero-order valence-electron chi connectivity index (χ0n) is 17.7. The molecule has 0 unspecified atom stereocenters. The van der Waals surface area contributed by atoms with Crippen molar-refractivity contribution in [2.24, 2.45) is 5.92 Å². The Hall–Kier alpha value is -2.71. The van der Waals surface area contributed by atoms with E-state index in [2.05, 4.69) is 24.1 Å². The first-order valence-corrected chi connectivity index (χ1v) is 10.7. The number of nitrogens with zero attached hydrogens (tertiary/aromatic N) is 4. The summed E-state index contributed by atoms with van der Waals surface area (Å²) < 4.78 is 7.37. The van der Waals surface area contributed by atoms with Crippen LogP contribution >= 0.6 is 0 Å². The van der Waals surface area contributed by atoms with Crippen LogP contribution in [0.4, 0.5) is 5.82 Å².